The molecule has 0 aliphatic rings. The van der Waals surface area contributed by atoms with Gasteiger partial charge in [-0.2, -0.15) is 0 Å². The van der Waals surface area contributed by atoms with E-state index >= 15 is 0 Å². The zero-order valence-corrected chi connectivity index (χ0v) is 14.4. The van der Waals surface area contributed by atoms with Crippen molar-refractivity contribution >= 4 is 20.6 Å². The number of ether oxygens (including phenoxy) is 1. The highest BCUT2D eigenvalue weighted by Gasteiger charge is 2.39. The van der Waals surface area contributed by atoms with E-state index < -0.39 is 20.9 Å². The number of carbonyl (C=O) groups excluding carboxylic acids is 2. The molecule has 7 heteroatoms. The first-order valence-corrected chi connectivity index (χ1v) is 8.37. The number of carbonyl (C=O) groups is 2. The first-order valence-electron chi connectivity index (χ1n) is 6.44. The molecule has 120 valence electrons. The van der Waals surface area contributed by atoms with Crippen molar-refractivity contribution in [2.45, 2.75) is 32.4 Å². The zero-order chi connectivity index (χ0) is 16.6. The lowest BCUT2D eigenvalue weighted by atomic mass is 10.1. The van der Waals surface area contributed by atoms with Crippen molar-refractivity contribution in [2.24, 2.45) is 0 Å². The van der Waals surface area contributed by atoms with E-state index in [1.165, 1.54) is 28.3 Å². The molecule has 0 bridgehead atoms. The zero-order valence-electron chi connectivity index (χ0n) is 13.4. The summed E-state index contributed by atoms with van der Waals surface area (Å²) in [7, 11) is 1.61. The SMILES string of the molecule is C=C(C)C(=O)OC(CC[Si](OC)(OC)OC)C(=O)C(=C)C. The predicted molar refractivity (Wildman–Crippen MR) is 80.7 cm³/mol. The van der Waals surface area contributed by atoms with Crippen LogP contribution in [0.15, 0.2) is 24.3 Å². The van der Waals surface area contributed by atoms with E-state index in [0.29, 0.717) is 11.6 Å². The Hall–Kier alpha value is -1.28. The van der Waals surface area contributed by atoms with E-state index in [-0.39, 0.29) is 17.8 Å². The van der Waals surface area contributed by atoms with Gasteiger partial charge in [0.2, 0.25) is 0 Å². The molecule has 0 saturated carbocycles. The van der Waals surface area contributed by atoms with E-state index in [2.05, 4.69) is 13.2 Å². The van der Waals surface area contributed by atoms with Crippen LogP contribution in [0.5, 0.6) is 0 Å². The van der Waals surface area contributed by atoms with Gasteiger partial charge in [0, 0.05) is 32.9 Å². The Morgan fingerprint density at radius 2 is 1.48 bits per heavy atom. The van der Waals surface area contributed by atoms with Gasteiger partial charge in [0.15, 0.2) is 11.9 Å². The number of hydrogen-bond acceptors (Lipinski definition) is 6. The number of esters is 1. The van der Waals surface area contributed by atoms with Gasteiger partial charge in [-0.3, -0.25) is 4.79 Å². The molecule has 0 aromatic heterocycles. The lowest BCUT2D eigenvalue weighted by molar-refractivity contribution is -0.150. The Morgan fingerprint density at radius 3 is 1.81 bits per heavy atom. The summed E-state index contributed by atoms with van der Waals surface area (Å²) in [6, 6.07) is 0.337. The molecule has 1 atom stereocenters. The fraction of sp³-hybridized carbons (Fsp3) is 0.571. The average Bonchev–Trinajstić information content (AvgIpc) is 2.46. The van der Waals surface area contributed by atoms with E-state index in [4.69, 9.17) is 18.0 Å². The quantitative estimate of drug-likeness (QED) is 0.348. The number of rotatable bonds is 10. The highest BCUT2D eigenvalue weighted by Crippen LogP contribution is 2.20. The summed E-state index contributed by atoms with van der Waals surface area (Å²) in [5.41, 5.74) is 0.539. The third kappa shape index (κ3) is 5.92. The first-order chi connectivity index (χ1) is 9.72. The Balaban J connectivity index is 4.99. The third-order valence-corrected chi connectivity index (χ3v) is 5.72. The smallest absolute Gasteiger partial charge is 0.451 e. The van der Waals surface area contributed by atoms with Gasteiger partial charge in [-0.1, -0.05) is 13.2 Å². The van der Waals surface area contributed by atoms with E-state index in [1.807, 2.05) is 0 Å². The first kappa shape index (κ1) is 19.7. The molecule has 1 unspecified atom stereocenters. The minimum atomic E-state index is -2.83. The minimum Gasteiger partial charge on any atom is -0.451 e. The number of hydrogen-bond donors (Lipinski definition) is 0. The molecule has 0 rings (SSSR count). The van der Waals surface area contributed by atoms with Crippen molar-refractivity contribution in [3.05, 3.63) is 24.3 Å². The van der Waals surface area contributed by atoms with Crippen LogP contribution < -0.4 is 0 Å². The van der Waals surface area contributed by atoms with Crippen molar-refractivity contribution in [1.29, 1.82) is 0 Å². The number of ketones is 1. The van der Waals surface area contributed by atoms with E-state index in [1.54, 1.807) is 6.92 Å². The molecule has 0 fully saturated rings. The van der Waals surface area contributed by atoms with Crippen molar-refractivity contribution in [1.82, 2.24) is 0 Å². The van der Waals surface area contributed by atoms with Crippen LogP contribution in [-0.2, 0) is 27.6 Å². The monoisotopic (exact) mass is 316 g/mol. The van der Waals surface area contributed by atoms with Gasteiger partial charge in [-0.25, -0.2) is 4.79 Å². The molecule has 0 saturated heterocycles. The van der Waals surface area contributed by atoms with Crippen LogP contribution in [0.25, 0.3) is 0 Å². The summed E-state index contributed by atoms with van der Waals surface area (Å²) in [5.74, 6) is -0.954. The summed E-state index contributed by atoms with van der Waals surface area (Å²) in [5, 5.41) is 0. The Kier molecular flexibility index (Phi) is 8.34. The second-order valence-corrected chi connectivity index (χ2v) is 7.74. The number of Topliss-reactive ketones (excluding diaryl/α,β-unsaturated/α-hetero) is 1. The van der Waals surface area contributed by atoms with E-state index in [0.717, 1.165) is 0 Å². The summed E-state index contributed by atoms with van der Waals surface area (Å²) in [4.78, 5) is 23.7. The van der Waals surface area contributed by atoms with Crippen LogP contribution in [0.4, 0.5) is 0 Å². The molecule has 0 aromatic rings. The molecular weight excluding hydrogens is 292 g/mol. The summed E-state index contributed by atoms with van der Waals surface area (Å²) >= 11 is 0. The maximum atomic E-state index is 12.1. The second-order valence-electron chi connectivity index (χ2n) is 4.65. The van der Waals surface area contributed by atoms with Gasteiger partial charge in [0.1, 0.15) is 0 Å². The van der Waals surface area contributed by atoms with E-state index in [9.17, 15) is 9.59 Å². The molecule has 0 heterocycles. The third-order valence-electron chi connectivity index (χ3n) is 2.96. The molecule has 0 N–H and O–H groups in total. The molecule has 0 spiro atoms. The minimum absolute atomic E-state index is 0.225. The van der Waals surface area contributed by atoms with Gasteiger partial charge >= 0.3 is 14.8 Å². The van der Waals surface area contributed by atoms with Gasteiger partial charge in [-0.05, 0) is 25.8 Å². The lowest BCUT2D eigenvalue weighted by Gasteiger charge is -2.26. The maximum Gasteiger partial charge on any atom is 0.500 e. The van der Waals surface area contributed by atoms with Crippen LogP contribution in [-0.4, -0.2) is 48.0 Å². The Morgan fingerprint density at radius 1 is 1.00 bits per heavy atom. The topological polar surface area (TPSA) is 71.1 Å². The van der Waals surface area contributed by atoms with Crippen LogP contribution in [0.2, 0.25) is 6.04 Å². The van der Waals surface area contributed by atoms with Gasteiger partial charge < -0.3 is 18.0 Å². The van der Waals surface area contributed by atoms with Crippen molar-refractivity contribution in [3.8, 4) is 0 Å². The average molecular weight is 316 g/mol. The molecule has 0 aromatic carbocycles. The molecule has 0 amide bonds. The normalized spacial score (nSPS) is 12.6. The molecule has 0 aliphatic carbocycles. The maximum absolute atomic E-state index is 12.1. The lowest BCUT2D eigenvalue weighted by Crippen LogP contribution is -2.44. The van der Waals surface area contributed by atoms with Crippen molar-refractivity contribution < 1.29 is 27.6 Å². The fourth-order valence-electron chi connectivity index (χ4n) is 1.61. The summed E-state index contributed by atoms with van der Waals surface area (Å²) in [6.07, 6.45) is -0.717. The summed E-state index contributed by atoms with van der Waals surface area (Å²) < 4.78 is 21.0. The second kappa shape index (κ2) is 8.88. The highest BCUT2D eigenvalue weighted by molar-refractivity contribution is 6.60. The van der Waals surface area contributed by atoms with Crippen LogP contribution in [0.3, 0.4) is 0 Å². The predicted octanol–water partition coefficient (Wildman–Crippen LogP) is 1.89. The largest absolute Gasteiger partial charge is 0.500 e. The highest BCUT2D eigenvalue weighted by atomic mass is 28.4. The standard InChI is InChI=1S/C14H24O6Si/c1-10(2)13(15)12(20-14(16)11(3)4)8-9-21(17-5,18-6)19-7/h12H,1,3,8-9H2,2,4-7H3. The molecule has 0 radical (unpaired) electrons. The van der Waals surface area contributed by atoms with Crippen LogP contribution in [0, 0.1) is 0 Å². The van der Waals surface area contributed by atoms with Gasteiger partial charge in [0.05, 0.1) is 0 Å². The van der Waals surface area contributed by atoms with Crippen molar-refractivity contribution in [2.75, 3.05) is 21.3 Å². The molecule has 6 nitrogen and oxygen atoms in total. The van der Waals surface area contributed by atoms with Gasteiger partial charge in [0.25, 0.3) is 0 Å². The van der Waals surface area contributed by atoms with Gasteiger partial charge in [-0.15, -0.1) is 0 Å². The molecule has 0 aliphatic heterocycles. The molecule has 21 heavy (non-hydrogen) atoms. The van der Waals surface area contributed by atoms with Crippen molar-refractivity contribution in [3.63, 3.8) is 0 Å². The van der Waals surface area contributed by atoms with Crippen LogP contribution in [0.1, 0.15) is 20.3 Å². The fourth-order valence-corrected chi connectivity index (χ4v) is 3.34. The Labute approximate surface area is 127 Å². The molecular formula is C14H24O6Si. The summed E-state index contributed by atoms with van der Waals surface area (Å²) in [6.45, 7) is 10.2. The van der Waals surface area contributed by atoms with Crippen LogP contribution >= 0.6 is 0 Å². The Bertz CT molecular complexity index is 405.